The van der Waals surface area contributed by atoms with Gasteiger partial charge in [-0.15, -0.1) is 0 Å². The predicted molar refractivity (Wildman–Crippen MR) is 35.4 cm³/mol. The molecule has 0 aromatic rings. The van der Waals surface area contributed by atoms with Crippen LogP contribution in [0, 0.1) is 0 Å². The van der Waals surface area contributed by atoms with Crippen molar-refractivity contribution < 1.29 is 0 Å². The van der Waals surface area contributed by atoms with Crippen molar-refractivity contribution in [3.8, 4) is 0 Å². The van der Waals surface area contributed by atoms with Crippen molar-refractivity contribution in [2.45, 2.75) is 13.8 Å². The Kier molecular flexibility index (Phi) is 6.00. The molecule has 0 N–H and O–H groups in total. The Bertz CT molecular complexity index is 62.2. The fourth-order valence-corrected chi connectivity index (χ4v) is 1.05. The zero-order chi connectivity index (χ0) is 5.54. The van der Waals surface area contributed by atoms with Crippen LogP contribution in [0.15, 0.2) is 22.1 Å². The van der Waals surface area contributed by atoms with E-state index < -0.39 is 0 Å². The fraction of sp³-hybridized carbons (Fsp3) is 0.333. The summed E-state index contributed by atoms with van der Waals surface area (Å²) in [6.45, 7) is 4.09. The van der Waals surface area contributed by atoms with Crippen molar-refractivity contribution in [3.05, 3.63) is 22.1 Å². The zero-order valence-electron chi connectivity index (χ0n) is 4.72. The molecular weight excluding hydrogens is 151 g/mol. The Labute approximate surface area is 51.5 Å². The van der Waals surface area contributed by atoms with Gasteiger partial charge in [0.2, 0.25) is 0 Å². The van der Waals surface area contributed by atoms with E-state index in [2.05, 4.69) is 22.1 Å². The second kappa shape index (κ2) is 6.00. The number of hydrogen-bond acceptors (Lipinski definition) is 0. The van der Waals surface area contributed by atoms with Crippen LogP contribution in [0.1, 0.15) is 13.8 Å². The molecule has 0 aliphatic heterocycles. The van der Waals surface area contributed by atoms with Crippen LogP contribution in [0.5, 0.6) is 0 Å². The van der Waals surface area contributed by atoms with E-state index in [-0.39, 0.29) is 0 Å². The molecule has 0 aromatic carbocycles. The topological polar surface area (TPSA) is 0 Å². The van der Waals surface area contributed by atoms with Gasteiger partial charge in [0, 0.05) is 0 Å². The van der Waals surface area contributed by atoms with Crippen molar-refractivity contribution >= 4 is 15.0 Å². The molecule has 0 amide bonds. The molecule has 0 unspecified atom stereocenters. The summed E-state index contributed by atoms with van der Waals surface area (Å²) in [6.07, 6.45) is 4.17. The number of allylic oxidation sites excluding steroid dienone is 2. The van der Waals surface area contributed by atoms with E-state index in [1.54, 1.807) is 0 Å². The van der Waals surface area contributed by atoms with E-state index in [4.69, 9.17) is 0 Å². The molecule has 0 nitrogen and oxygen atoms in total. The van der Waals surface area contributed by atoms with Crippen molar-refractivity contribution in [1.29, 1.82) is 0 Å². The van der Waals surface area contributed by atoms with Gasteiger partial charge in [-0.1, -0.05) is 0 Å². The van der Waals surface area contributed by atoms with Crippen molar-refractivity contribution in [2.24, 2.45) is 0 Å². The molecule has 0 heterocycles. The molecule has 0 rings (SSSR count). The van der Waals surface area contributed by atoms with E-state index in [1.807, 2.05) is 13.8 Å². The van der Waals surface area contributed by atoms with Gasteiger partial charge in [-0.3, -0.25) is 0 Å². The molecule has 0 bridgehead atoms. The standard InChI is InChI=1S/C6H10Se/c1-3-5-7-6-4-2/h3-6H,1-2H3. The summed E-state index contributed by atoms with van der Waals surface area (Å²) < 4.78 is 0. The molecule has 0 spiro atoms. The summed E-state index contributed by atoms with van der Waals surface area (Å²) in [4.78, 5) is 4.38. The first-order valence-corrected chi connectivity index (χ1v) is 4.27. The van der Waals surface area contributed by atoms with Crippen LogP contribution in [-0.4, -0.2) is 15.0 Å². The monoisotopic (exact) mass is 162 g/mol. The first-order valence-electron chi connectivity index (χ1n) is 2.29. The molecule has 40 valence electrons. The summed E-state index contributed by atoms with van der Waals surface area (Å²) >= 11 is 0.615. The number of rotatable bonds is 2. The van der Waals surface area contributed by atoms with E-state index in [0.717, 1.165) is 0 Å². The maximum atomic E-state index is 2.19. The van der Waals surface area contributed by atoms with Crippen LogP contribution in [0.3, 0.4) is 0 Å². The van der Waals surface area contributed by atoms with Gasteiger partial charge in [0.25, 0.3) is 0 Å². The molecular formula is C6H10Se. The van der Waals surface area contributed by atoms with Crippen LogP contribution in [0.2, 0.25) is 0 Å². The van der Waals surface area contributed by atoms with E-state index in [1.165, 1.54) is 0 Å². The molecule has 0 saturated carbocycles. The van der Waals surface area contributed by atoms with Gasteiger partial charge in [-0.05, 0) is 0 Å². The van der Waals surface area contributed by atoms with Gasteiger partial charge < -0.3 is 0 Å². The first kappa shape index (κ1) is 7.00. The summed E-state index contributed by atoms with van der Waals surface area (Å²) in [7, 11) is 0. The first-order chi connectivity index (χ1) is 3.41. The van der Waals surface area contributed by atoms with Crippen molar-refractivity contribution in [3.63, 3.8) is 0 Å². The van der Waals surface area contributed by atoms with Crippen LogP contribution in [-0.2, 0) is 0 Å². The van der Waals surface area contributed by atoms with Crippen LogP contribution in [0.4, 0.5) is 0 Å². The minimum atomic E-state index is 0.615. The third-order valence-corrected chi connectivity index (χ3v) is 2.23. The second-order valence-corrected chi connectivity index (χ2v) is 2.79. The van der Waals surface area contributed by atoms with E-state index >= 15 is 0 Å². The Balaban J connectivity index is 2.98. The molecule has 0 aliphatic carbocycles. The Morgan fingerprint density at radius 3 is 1.71 bits per heavy atom. The molecule has 0 atom stereocenters. The van der Waals surface area contributed by atoms with Crippen molar-refractivity contribution in [1.82, 2.24) is 0 Å². The van der Waals surface area contributed by atoms with Crippen LogP contribution < -0.4 is 0 Å². The Hall–Kier alpha value is -0.000519. The Morgan fingerprint density at radius 1 is 1.00 bits per heavy atom. The number of hydrogen-bond donors (Lipinski definition) is 0. The van der Waals surface area contributed by atoms with Gasteiger partial charge in [0.1, 0.15) is 0 Å². The van der Waals surface area contributed by atoms with Gasteiger partial charge >= 0.3 is 50.9 Å². The average Bonchev–Trinajstić information content (AvgIpc) is 1.69. The van der Waals surface area contributed by atoms with Gasteiger partial charge in [0.05, 0.1) is 0 Å². The summed E-state index contributed by atoms with van der Waals surface area (Å²) in [5.74, 6) is 0. The third kappa shape index (κ3) is 6.00. The van der Waals surface area contributed by atoms with Crippen molar-refractivity contribution in [2.75, 3.05) is 0 Å². The predicted octanol–water partition coefficient (Wildman–Crippen LogP) is 1.76. The van der Waals surface area contributed by atoms with Crippen LogP contribution in [0.25, 0.3) is 0 Å². The second-order valence-electron chi connectivity index (χ2n) is 1.07. The molecule has 0 saturated heterocycles. The zero-order valence-corrected chi connectivity index (χ0v) is 6.43. The summed E-state index contributed by atoms with van der Waals surface area (Å²) in [6, 6.07) is 0. The minimum absolute atomic E-state index is 0.615. The summed E-state index contributed by atoms with van der Waals surface area (Å²) in [5.41, 5.74) is 0. The normalized spacial score (nSPS) is 11.7. The molecule has 7 heavy (non-hydrogen) atoms. The van der Waals surface area contributed by atoms with Gasteiger partial charge in [-0.25, -0.2) is 0 Å². The fourth-order valence-electron chi connectivity index (χ4n) is 0.202. The van der Waals surface area contributed by atoms with E-state index in [0.29, 0.717) is 15.0 Å². The molecule has 1 heteroatoms. The molecule has 0 radical (unpaired) electrons. The Morgan fingerprint density at radius 2 is 1.43 bits per heavy atom. The third-order valence-electron chi connectivity index (χ3n) is 0.429. The quantitative estimate of drug-likeness (QED) is 0.541. The van der Waals surface area contributed by atoms with Crippen LogP contribution >= 0.6 is 0 Å². The molecule has 0 aliphatic rings. The van der Waals surface area contributed by atoms with Gasteiger partial charge in [0.15, 0.2) is 0 Å². The summed E-state index contributed by atoms with van der Waals surface area (Å²) in [5, 5.41) is 0. The maximum absolute atomic E-state index is 2.19. The van der Waals surface area contributed by atoms with E-state index in [9.17, 15) is 0 Å². The SMILES string of the molecule is CC=C[Se]C=CC. The average molecular weight is 161 g/mol. The molecule has 0 aromatic heterocycles. The van der Waals surface area contributed by atoms with Gasteiger partial charge in [-0.2, -0.15) is 0 Å². The molecule has 0 fully saturated rings.